The second-order valence-electron chi connectivity index (χ2n) is 3.86. The number of hydrogen-bond acceptors (Lipinski definition) is 1. The molecule has 2 rings (SSSR count). The van der Waals surface area contributed by atoms with Gasteiger partial charge in [-0.25, -0.2) is 0 Å². The number of hydrogen-bond donors (Lipinski definition) is 1. The van der Waals surface area contributed by atoms with Gasteiger partial charge in [0, 0.05) is 24.1 Å². The van der Waals surface area contributed by atoms with Crippen LogP contribution in [-0.2, 0) is 6.54 Å². The summed E-state index contributed by atoms with van der Waals surface area (Å²) >= 11 is 0. The molecule has 0 amide bonds. The SMILES string of the molecule is Cc1ccc(-n2cccc2CN)c(C)c1. The first-order valence-electron chi connectivity index (χ1n) is 5.16. The topological polar surface area (TPSA) is 30.9 Å². The molecular weight excluding hydrogens is 184 g/mol. The smallest absolute Gasteiger partial charge is 0.0482 e. The van der Waals surface area contributed by atoms with Gasteiger partial charge >= 0.3 is 0 Å². The van der Waals surface area contributed by atoms with Crippen LogP contribution < -0.4 is 5.73 Å². The van der Waals surface area contributed by atoms with E-state index >= 15 is 0 Å². The summed E-state index contributed by atoms with van der Waals surface area (Å²) in [7, 11) is 0. The molecular formula is C13H16N2. The molecule has 0 saturated carbocycles. The summed E-state index contributed by atoms with van der Waals surface area (Å²) < 4.78 is 2.15. The zero-order valence-electron chi connectivity index (χ0n) is 9.20. The molecule has 2 N–H and O–H groups in total. The highest BCUT2D eigenvalue weighted by atomic mass is 15.0. The third kappa shape index (κ3) is 1.81. The van der Waals surface area contributed by atoms with Gasteiger partial charge in [-0.3, -0.25) is 0 Å². The Balaban J connectivity index is 2.54. The van der Waals surface area contributed by atoms with E-state index in [0.717, 1.165) is 5.69 Å². The van der Waals surface area contributed by atoms with Crippen molar-refractivity contribution in [2.75, 3.05) is 0 Å². The van der Waals surface area contributed by atoms with Crippen LogP contribution >= 0.6 is 0 Å². The lowest BCUT2D eigenvalue weighted by molar-refractivity contribution is 0.905. The highest BCUT2D eigenvalue weighted by Gasteiger charge is 2.04. The monoisotopic (exact) mass is 200 g/mol. The fourth-order valence-electron chi connectivity index (χ4n) is 1.89. The standard InChI is InChI=1S/C13H16N2/c1-10-5-6-13(11(2)8-10)15-7-3-4-12(15)9-14/h3-8H,9,14H2,1-2H3. The largest absolute Gasteiger partial charge is 0.325 e. The molecule has 0 fully saturated rings. The Bertz CT molecular complexity index is 469. The fourth-order valence-corrected chi connectivity index (χ4v) is 1.89. The van der Waals surface area contributed by atoms with Crippen LogP contribution in [0.4, 0.5) is 0 Å². The van der Waals surface area contributed by atoms with Crippen LogP contribution in [-0.4, -0.2) is 4.57 Å². The number of aryl methyl sites for hydroxylation is 2. The Morgan fingerprint density at radius 3 is 2.67 bits per heavy atom. The summed E-state index contributed by atoms with van der Waals surface area (Å²) in [6, 6.07) is 10.5. The van der Waals surface area contributed by atoms with Gasteiger partial charge in [0.05, 0.1) is 0 Å². The minimum absolute atomic E-state index is 0.570. The third-order valence-corrected chi connectivity index (χ3v) is 2.65. The number of benzene rings is 1. The molecule has 15 heavy (non-hydrogen) atoms. The summed E-state index contributed by atoms with van der Waals surface area (Å²) in [5.41, 5.74) is 10.6. The second-order valence-corrected chi connectivity index (χ2v) is 3.86. The predicted octanol–water partition coefficient (Wildman–Crippen LogP) is 2.55. The minimum atomic E-state index is 0.570. The molecule has 0 unspecified atom stereocenters. The number of nitrogens with zero attached hydrogens (tertiary/aromatic N) is 1. The van der Waals surface area contributed by atoms with Gasteiger partial charge in [0.2, 0.25) is 0 Å². The Kier molecular flexibility index (Phi) is 2.60. The molecule has 0 aliphatic rings. The first-order valence-corrected chi connectivity index (χ1v) is 5.16. The first-order chi connectivity index (χ1) is 7.22. The molecule has 0 aliphatic carbocycles. The molecule has 0 bridgehead atoms. The molecule has 1 aromatic heterocycles. The van der Waals surface area contributed by atoms with Gasteiger partial charge in [0.25, 0.3) is 0 Å². The lowest BCUT2D eigenvalue weighted by Crippen LogP contribution is -2.05. The van der Waals surface area contributed by atoms with Gasteiger partial charge in [-0.2, -0.15) is 0 Å². The lowest BCUT2D eigenvalue weighted by atomic mass is 10.1. The molecule has 0 saturated heterocycles. The zero-order valence-corrected chi connectivity index (χ0v) is 9.20. The van der Waals surface area contributed by atoms with Crippen molar-refractivity contribution in [1.29, 1.82) is 0 Å². The number of nitrogens with two attached hydrogens (primary N) is 1. The fraction of sp³-hybridized carbons (Fsp3) is 0.231. The van der Waals surface area contributed by atoms with E-state index in [2.05, 4.69) is 48.9 Å². The van der Waals surface area contributed by atoms with E-state index < -0.39 is 0 Å². The summed E-state index contributed by atoms with van der Waals surface area (Å²) in [5, 5.41) is 0. The summed E-state index contributed by atoms with van der Waals surface area (Å²) in [5.74, 6) is 0. The van der Waals surface area contributed by atoms with Gasteiger partial charge in [-0.05, 0) is 37.6 Å². The van der Waals surface area contributed by atoms with Crippen LogP contribution in [0.25, 0.3) is 5.69 Å². The first kappa shape index (κ1) is 9.99. The van der Waals surface area contributed by atoms with E-state index in [9.17, 15) is 0 Å². The normalized spacial score (nSPS) is 10.6. The van der Waals surface area contributed by atoms with Crippen LogP contribution in [0.5, 0.6) is 0 Å². The molecule has 1 aromatic carbocycles. The highest BCUT2D eigenvalue weighted by molar-refractivity contribution is 5.44. The Morgan fingerprint density at radius 2 is 2.00 bits per heavy atom. The Labute approximate surface area is 90.3 Å². The highest BCUT2D eigenvalue weighted by Crippen LogP contribution is 2.18. The van der Waals surface area contributed by atoms with Crippen molar-refractivity contribution in [2.24, 2.45) is 5.73 Å². The van der Waals surface area contributed by atoms with Crippen molar-refractivity contribution >= 4 is 0 Å². The molecule has 0 spiro atoms. The molecule has 0 aliphatic heterocycles. The molecule has 0 atom stereocenters. The van der Waals surface area contributed by atoms with Crippen LogP contribution in [0, 0.1) is 13.8 Å². The van der Waals surface area contributed by atoms with E-state index in [1.165, 1.54) is 16.8 Å². The van der Waals surface area contributed by atoms with Crippen molar-refractivity contribution < 1.29 is 0 Å². The van der Waals surface area contributed by atoms with E-state index in [0.29, 0.717) is 6.54 Å². The maximum atomic E-state index is 5.69. The van der Waals surface area contributed by atoms with Crippen molar-refractivity contribution in [3.63, 3.8) is 0 Å². The molecule has 78 valence electrons. The van der Waals surface area contributed by atoms with Crippen LogP contribution in [0.1, 0.15) is 16.8 Å². The summed E-state index contributed by atoms with van der Waals surface area (Å²) in [6.07, 6.45) is 2.06. The van der Waals surface area contributed by atoms with Crippen molar-refractivity contribution in [3.05, 3.63) is 53.3 Å². The van der Waals surface area contributed by atoms with Crippen LogP contribution in [0.3, 0.4) is 0 Å². The number of aromatic nitrogens is 1. The van der Waals surface area contributed by atoms with Crippen LogP contribution in [0.15, 0.2) is 36.5 Å². The third-order valence-electron chi connectivity index (χ3n) is 2.65. The number of rotatable bonds is 2. The zero-order chi connectivity index (χ0) is 10.8. The molecule has 2 aromatic rings. The molecule has 2 nitrogen and oxygen atoms in total. The predicted molar refractivity (Wildman–Crippen MR) is 63.1 cm³/mol. The van der Waals surface area contributed by atoms with E-state index in [1.54, 1.807) is 0 Å². The van der Waals surface area contributed by atoms with E-state index in [1.807, 2.05) is 6.07 Å². The van der Waals surface area contributed by atoms with Gasteiger partial charge in [0.1, 0.15) is 0 Å². The van der Waals surface area contributed by atoms with Crippen molar-refractivity contribution in [3.8, 4) is 5.69 Å². The molecule has 2 heteroatoms. The van der Waals surface area contributed by atoms with Gasteiger partial charge < -0.3 is 10.3 Å². The van der Waals surface area contributed by atoms with Crippen molar-refractivity contribution in [1.82, 2.24) is 4.57 Å². The van der Waals surface area contributed by atoms with E-state index in [-0.39, 0.29) is 0 Å². The van der Waals surface area contributed by atoms with Crippen LogP contribution in [0.2, 0.25) is 0 Å². The van der Waals surface area contributed by atoms with Crippen molar-refractivity contribution in [2.45, 2.75) is 20.4 Å². The van der Waals surface area contributed by atoms with E-state index in [4.69, 9.17) is 5.73 Å². The maximum absolute atomic E-state index is 5.69. The second kappa shape index (κ2) is 3.91. The Morgan fingerprint density at radius 1 is 1.20 bits per heavy atom. The summed E-state index contributed by atoms with van der Waals surface area (Å²) in [4.78, 5) is 0. The summed E-state index contributed by atoms with van der Waals surface area (Å²) in [6.45, 7) is 4.80. The van der Waals surface area contributed by atoms with Gasteiger partial charge in [-0.1, -0.05) is 17.7 Å². The minimum Gasteiger partial charge on any atom is -0.325 e. The van der Waals surface area contributed by atoms with Gasteiger partial charge in [0.15, 0.2) is 0 Å². The van der Waals surface area contributed by atoms with Gasteiger partial charge in [-0.15, -0.1) is 0 Å². The average Bonchev–Trinajstić information content (AvgIpc) is 2.65. The average molecular weight is 200 g/mol. The maximum Gasteiger partial charge on any atom is 0.0482 e. The Hall–Kier alpha value is -1.54. The lowest BCUT2D eigenvalue weighted by Gasteiger charge is -2.11. The molecule has 1 heterocycles. The quantitative estimate of drug-likeness (QED) is 0.793. The molecule has 0 radical (unpaired) electrons.